The molecule has 2 saturated carbocycles. The van der Waals surface area contributed by atoms with Gasteiger partial charge >= 0.3 is 0 Å². The normalized spacial score (nSPS) is 21.6. The molecule has 0 bridgehead atoms. The molecular formula is C45H51N7O10. The maximum Gasteiger partial charge on any atom is 0.264 e. The number of hydrogen-bond donors (Lipinski definition) is 3. The number of hydrogen-bond acceptors (Lipinski definition) is 13. The lowest BCUT2D eigenvalue weighted by atomic mass is 9.49. The molecular weight excluding hydrogens is 799 g/mol. The summed E-state index contributed by atoms with van der Waals surface area (Å²) in [5, 5.41) is 9.91. The number of nitrogens with zero attached hydrogens (tertiary/aromatic N) is 4. The molecule has 3 fully saturated rings. The summed E-state index contributed by atoms with van der Waals surface area (Å²) in [4.78, 5) is 83.5. The van der Waals surface area contributed by atoms with Gasteiger partial charge in [-0.1, -0.05) is 6.07 Å². The summed E-state index contributed by atoms with van der Waals surface area (Å²) < 4.78 is 24.8. The molecule has 2 aromatic heterocycles. The SMILES string of the molecule is COc1cc(-c2cn(C)c(=O)c3cnccc23)cc(OC)c1CN(C)C12CCC1C(NC(=O)CCOCCOCCNc1cccc3c1C(=O)N(C1CCC(=O)NC1=O)C3=O)C2. The van der Waals surface area contributed by atoms with Crippen molar-refractivity contribution in [2.24, 2.45) is 13.0 Å². The summed E-state index contributed by atoms with van der Waals surface area (Å²) in [6, 6.07) is 9.78. The van der Waals surface area contributed by atoms with Gasteiger partial charge in [0.2, 0.25) is 17.7 Å². The van der Waals surface area contributed by atoms with Gasteiger partial charge in [0.1, 0.15) is 17.5 Å². The first-order valence-corrected chi connectivity index (χ1v) is 20.9. The van der Waals surface area contributed by atoms with Crippen LogP contribution in [-0.2, 0) is 37.4 Å². The van der Waals surface area contributed by atoms with Crippen molar-refractivity contribution >= 4 is 46.0 Å². The van der Waals surface area contributed by atoms with Gasteiger partial charge in [-0.05, 0) is 79.9 Å². The highest BCUT2D eigenvalue weighted by Crippen LogP contribution is 2.58. The number of nitrogens with one attached hydrogen (secondary N) is 3. The molecule has 326 valence electrons. The van der Waals surface area contributed by atoms with Crippen LogP contribution in [0.2, 0.25) is 0 Å². The molecule has 0 spiro atoms. The molecule has 4 unspecified atom stereocenters. The van der Waals surface area contributed by atoms with Crippen molar-refractivity contribution in [3.63, 3.8) is 0 Å². The van der Waals surface area contributed by atoms with Crippen molar-refractivity contribution in [3.05, 3.63) is 82.0 Å². The maximum atomic E-state index is 13.3. The molecule has 17 heteroatoms. The van der Waals surface area contributed by atoms with Crippen molar-refractivity contribution in [3.8, 4) is 22.6 Å². The Morgan fingerprint density at radius 1 is 0.952 bits per heavy atom. The topological polar surface area (TPSA) is 200 Å². The molecule has 17 nitrogen and oxygen atoms in total. The monoisotopic (exact) mass is 849 g/mol. The Labute approximate surface area is 358 Å². The predicted molar refractivity (Wildman–Crippen MR) is 227 cm³/mol. The molecule has 8 rings (SSSR count). The number of fused-ring (bicyclic) bond motifs is 3. The van der Waals surface area contributed by atoms with Crippen molar-refractivity contribution in [2.75, 3.05) is 59.6 Å². The molecule has 62 heavy (non-hydrogen) atoms. The van der Waals surface area contributed by atoms with Crippen molar-refractivity contribution in [1.29, 1.82) is 0 Å². The molecule has 2 aromatic carbocycles. The number of rotatable bonds is 18. The Kier molecular flexibility index (Phi) is 12.1. The molecule has 4 heterocycles. The van der Waals surface area contributed by atoms with Gasteiger partial charge in [0.25, 0.3) is 17.4 Å². The Balaban J connectivity index is 0.760. The van der Waals surface area contributed by atoms with Crippen LogP contribution >= 0.6 is 0 Å². The highest BCUT2D eigenvalue weighted by Gasteiger charge is 2.62. The van der Waals surface area contributed by atoms with E-state index in [4.69, 9.17) is 18.9 Å². The van der Waals surface area contributed by atoms with Gasteiger partial charge in [-0.15, -0.1) is 0 Å². The van der Waals surface area contributed by atoms with E-state index in [-0.39, 0.29) is 60.0 Å². The second-order valence-electron chi connectivity index (χ2n) is 16.3. The van der Waals surface area contributed by atoms with Gasteiger partial charge < -0.3 is 34.1 Å². The summed E-state index contributed by atoms with van der Waals surface area (Å²) in [6.07, 6.45) is 8.38. The second kappa shape index (κ2) is 17.7. The van der Waals surface area contributed by atoms with E-state index in [0.29, 0.717) is 61.4 Å². The number of carbonyl (C=O) groups excluding carboxylic acids is 5. The molecule has 1 saturated heterocycles. The number of ether oxygens (including phenoxy) is 4. The predicted octanol–water partition coefficient (Wildman–Crippen LogP) is 3.02. The van der Waals surface area contributed by atoms with E-state index in [1.54, 1.807) is 56.4 Å². The average Bonchev–Trinajstić information content (AvgIpc) is 3.51. The summed E-state index contributed by atoms with van der Waals surface area (Å²) >= 11 is 0. The molecule has 2 aliphatic carbocycles. The molecule has 4 aromatic rings. The van der Waals surface area contributed by atoms with Crippen molar-refractivity contribution < 1.29 is 42.9 Å². The van der Waals surface area contributed by atoms with E-state index in [2.05, 4.69) is 32.9 Å². The second-order valence-corrected chi connectivity index (χ2v) is 16.3. The zero-order chi connectivity index (χ0) is 43.7. The van der Waals surface area contributed by atoms with E-state index in [1.165, 1.54) is 0 Å². The van der Waals surface area contributed by atoms with Crippen LogP contribution < -0.4 is 31.0 Å². The Morgan fingerprint density at radius 3 is 2.40 bits per heavy atom. The van der Waals surface area contributed by atoms with Crippen LogP contribution in [0.1, 0.15) is 64.8 Å². The van der Waals surface area contributed by atoms with Crippen LogP contribution in [-0.4, -0.2) is 121 Å². The number of benzene rings is 2. The zero-order valence-corrected chi connectivity index (χ0v) is 35.3. The number of amides is 5. The number of carbonyl (C=O) groups is 5. The Morgan fingerprint density at radius 2 is 1.71 bits per heavy atom. The van der Waals surface area contributed by atoms with Crippen molar-refractivity contribution in [1.82, 2.24) is 30.0 Å². The fourth-order valence-corrected chi connectivity index (χ4v) is 9.53. The Bertz CT molecular complexity index is 2480. The van der Waals surface area contributed by atoms with Crippen LogP contribution in [0.25, 0.3) is 21.9 Å². The number of aryl methyl sites for hydroxylation is 1. The third-order valence-electron chi connectivity index (χ3n) is 12.9. The summed E-state index contributed by atoms with van der Waals surface area (Å²) in [5.41, 5.74) is 3.37. The quantitative estimate of drug-likeness (QED) is 0.0977. The lowest BCUT2D eigenvalue weighted by molar-refractivity contribution is -0.148. The number of aromatic nitrogens is 2. The fraction of sp³-hybridized carbons (Fsp3) is 0.444. The average molecular weight is 850 g/mol. The van der Waals surface area contributed by atoms with Crippen LogP contribution in [0.15, 0.2) is 59.8 Å². The summed E-state index contributed by atoms with van der Waals surface area (Å²) in [5.74, 6) is -0.562. The third-order valence-corrected chi connectivity index (χ3v) is 12.9. The molecule has 4 atom stereocenters. The van der Waals surface area contributed by atoms with Crippen LogP contribution in [0, 0.1) is 5.92 Å². The van der Waals surface area contributed by atoms with Gasteiger partial charge in [-0.3, -0.25) is 48.9 Å². The van der Waals surface area contributed by atoms with Crippen LogP contribution in [0.5, 0.6) is 11.5 Å². The van der Waals surface area contributed by atoms with E-state index >= 15 is 0 Å². The van der Waals surface area contributed by atoms with E-state index < -0.39 is 29.7 Å². The lowest BCUT2D eigenvalue weighted by Gasteiger charge is -2.67. The molecule has 0 radical (unpaired) electrons. The first-order valence-electron chi connectivity index (χ1n) is 20.9. The minimum absolute atomic E-state index is 0.0279. The number of imide groups is 2. The fourth-order valence-electron chi connectivity index (χ4n) is 9.53. The number of pyridine rings is 2. The molecule has 4 aliphatic rings. The van der Waals surface area contributed by atoms with Crippen LogP contribution in [0.4, 0.5) is 5.69 Å². The minimum atomic E-state index is -1.03. The summed E-state index contributed by atoms with van der Waals surface area (Å²) in [6.45, 7) is 2.09. The maximum absolute atomic E-state index is 13.3. The van der Waals surface area contributed by atoms with E-state index in [9.17, 15) is 28.8 Å². The first kappa shape index (κ1) is 42.5. The highest BCUT2D eigenvalue weighted by atomic mass is 16.5. The standard InChI is InChI=1S/C45H51N7O10/c1-50-24-30(27-11-14-46-23-29(27)42(50)56)26-20-36(59-3)31(37(21-26)60-4)25-51(2)45-13-10-32(45)34(22-45)48-39(54)12-16-61-18-19-62-17-15-47-33-7-5-6-28-40(33)44(58)52(43(28)57)35-8-9-38(53)49-41(35)55/h5-7,11,14,20-21,23-24,32,34-35,47H,8-10,12-13,15-19,22,25H2,1-4H3,(H,48,54)(H,49,53,55). The van der Waals surface area contributed by atoms with Gasteiger partial charge in [-0.25, -0.2) is 0 Å². The largest absolute Gasteiger partial charge is 0.496 e. The van der Waals surface area contributed by atoms with Gasteiger partial charge in [0, 0.05) is 74.4 Å². The number of piperidine rings is 1. The highest BCUT2D eigenvalue weighted by molar-refractivity contribution is 6.25. The summed E-state index contributed by atoms with van der Waals surface area (Å²) in [7, 11) is 7.14. The van der Waals surface area contributed by atoms with Crippen molar-refractivity contribution in [2.45, 2.75) is 62.7 Å². The lowest BCUT2D eigenvalue weighted by Crippen LogP contribution is -2.74. The van der Waals surface area contributed by atoms with E-state index in [1.807, 2.05) is 24.4 Å². The van der Waals surface area contributed by atoms with Gasteiger partial charge in [0.05, 0.1) is 62.7 Å². The Hall–Kier alpha value is -6.17. The minimum Gasteiger partial charge on any atom is -0.496 e. The molecule has 5 amide bonds. The zero-order valence-electron chi connectivity index (χ0n) is 35.3. The van der Waals surface area contributed by atoms with Gasteiger partial charge in [-0.2, -0.15) is 0 Å². The smallest absolute Gasteiger partial charge is 0.264 e. The molecule has 3 N–H and O–H groups in total. The number of anilines is 1. The first-order chi connectivity index (χ1) is 29.9. The number of methoxy groups -OCH3 is 2. The third kappa shape index (κ3) is 7.80. The van der Waals surface area contributed by atoms with Gasteiger partial charge in [0.15, 0.2) is 0 Å². The molecule has 2 aliphatic heterocycles. The van der Waals surface area contributed by atoms with Crippen LogP contribution in [0.3, 0.4) is 0 Å². The van der Waals surface area contributed by atoms with E-state index in [0.717, 1.165) is 46.2 Å².